The minimum Gasteiger partial charge on any atom is -0.494 e. The number of aromatic nitrogens is 3. The Morgan fingerprint density at radius 2 is 2.00 bits per heavy atom. The van der Waals surface area contributed by atoms with Crippen LogP contribution in [-0.4, -0.2) is 22.1 Å². The van der Waals surface area contributed by atoms with Crippen molar-refractivity contribution in [1.82, 2.24) is 15.0 Å². The predicted octanol–water partition coefficient (Wildman–Crippen LogP) is 1.70. The van der Waals surface area contributed by atoms with Gasteiger partial charge in [0.05, 0.1) is 31.7 Å². The van der Waals surface area contributed by atoms with Crippen LogP contribution in [0.1, 0.15) is 17.3 Å². The first kappa shape index (κ1) is 11.4. The maximum atomic E-state index is 5.43. The lowest BCUT2D eigenvalue weighted by atomic mass is 10.4. The maximum Gasteiger partial charge on any atom is 0.223 e. The zero-order valence-electron chi connectivity index (χ0n) is 10.0. The lowest BCUT2D eigenvalue weighted by molar-refractivity contribution is 0.411. The monoisotopic (exact) mass is 234 g/mol. The number of oxazole rings is 1. The Kier molecular flexibility index (Phi) is 3.22. The summed E-state index contributed by atoms with van der Waals surface area (Å²) in [6.07, 6.45) is 3.20. The first-order valence-electron chi connectivity index (χ1n) is 5.22. The van der Waals surface area contributed by atoms with Gasteiger partial charge >= 0.3 is 0 Å². The number of anilines is 1. The van der Waals surface area contributed by atoms with E-state index in [9.17, 15) is 0 Å². The zero-order valence-corrected chi connectivity index (χ0v) is 10.0. The summed E-state index contributed by atoms with van der Waals surface area (Å²) in [6.45, 7) is 4.25. The molecule has 1 N–H and O–H groups in total. The van der Waals surface area contributed by atoms with E-state index >= 15 is 0 Å². The molecule has 6 nitrogen and oxygen atoms in total. The van der Waals surface area contributed by atoms with Crippen LogP contribution in [0.3, 0.4) is 0 Å². The predicted molar refractivity (Wildman–Crippen MR) is 61.9 cm³/mol. The molecule has 17 heavy (non-hydrogen) atoms. The third kappa shape index (κ3) is 2.72. The number of hydrogen-bond donors (Lipinski definition) is 1. The quantitative estimate of drug-likeness (QED) is 0.868. The first-order valence-corrected chi connectivity index (χ1v) is 5.22. The summed E-state index contributed by atoms with van der Waals surface area (Å²) in [5.74, 6) is 2.59. The molecule has 2 rings (SSSR count). The molecule has 0 unspecified atom stereocenters. The van der Waals surface area contributed by atoms with Crippen LogP contribution >= 0.6 is 0 Å². The topological polar surface area (TPSA) is 73.1 Å². The number of nitrogens with one attached hydrogen (secondary N) is 1. The van der Waals surface area contributed by atoms with Gasteiger partial charge in [0.2, 0.25) is 11.8 Å². The number of hydrogen-bond acceptors (Lipinski definition) is 6. The maximum absolute atomic E-state index is 5.43. The molecule has 6 heteroatoms. The molecular weight excluding hydrogens is 220 g/mol. The summed E-state index contributed by atoms with van der Waals surface area (Å²) in [7, 11) is 1.57. The van der Waals surface area contributed by atoms with Crippen molar-refractivity contribution in [3.63, 3.8) is 0 Å². The molecular formula is C11H14N4O2. The highest BCUT2D eigenvalue weighted by atomic mass is 16.5. The molecule has 0 aliphatic carbocycles. The molecule has 0 aliphatic rings. The average Bonchev–Trinajstić information content (AvgIpc) is 2.67. The first-order chi connectivity index (χ1) is 8.19. The van der Waals surface area contributed by atoms with E-state index in [1.807, 2.05) is 13.8 Å². The summed E-state index contributed by atoms with van der Waals surface area (Å²) in [5, 5.41) is 3.02. The Morgan fingerprint density at radius 1 is 1.29 bits per heavy atom. The van der Waals surface area contributed by atoms with Crippen LogP contribution in [0.15, 0.2) is 16.8 Å². The number of ether oxygens (including phenoxy) is 1. The summed E-state index contributed by atoms with van der Waals surface area (Å²) in [4.78, 5) is 12.4. The van der Waals surface area contributed by atoms with Crippen molar-refractivity contribution in [2.75, 3.05) is 12.4 Å². The highest BCUT2D eigenvalue weighted by Gasteiger charge is 2.05. The summed E-state index contributed by atoms with van der Waals surface area (Å²) < 4.78 is 10.4. The standard InChI is InChI=1S/C11H14N4O2/c1-7-8(2)17-10(15-7)6-14-11-12-4-9(16-3)5-13-11/h4-5H,6H2,1-3H3,(H,12,13,14). The third-order valence-electron chi connectivity index (χ3n) is 2.33. The third-order valence-corrected chi connectivity index (χ3v) is 2.33. The van der Waals surface area contributed by atoms with Crippen LogP contribution in [0.2, 0.25) is 0 Å². The van der Waals surface area contributed by atoms with Gasteiger partial charge in [-0.05, 0) is 13.8 Å². The van der Waals surface area contributed by atoms with Crippen LogP contribution in [-0.2, 0) is 6.54 Å². The molecule has 0 amide bonds. The van der Waals surface area contributed by atoms with Crippen LogP contribution in [0.25, 0.3) is 0 Å². The fourth-order valence-corrected chi connectivity index (χ4v) is 1.28. The van der Waals surface area contributed by atoms with E-state index in [0.717, 1.165) is 11.5 Å². The summed E-state index contributed by atoms with van der Waals surface area (Å²) in [6, 6.07) is 0. The van der Waals surface area contributed by atoms with Gasteiger partial charge in [0.25, 0.3) is 0 Å². The van der Waals surface area contributed by atoms with Crippen molar-refractivity contribution in [1.29, 1.82) is 0 Å². The minimum atomic E-state index is 0.459. The largest absolute Gasteiger partial charge is 0.494 e. The van der Waals surface area contributed by atoms with E-state index in [1.54, 1.807) is 19.5 Å². The van der Waals surface area contributed by atoms with Crippen LogP contribution in [0.4, 0.5) is 5.95 Å². The van der Waals surface area contributed by atoms with E-state index in [1.165, 1.54) is 0 Å². The molecule has 0 fully saturated rings. The van der Waals surface area contributed by atoms with Crippen molar-refractivity contribution in [2.24, 2.45) is 0 Å². The van der Waals surface area contributed by atoms with E-state index in [2.05, 4.69) is 20.3 Å². The fraction of sp³-hybridized carbons (Fsp3) is 0.364. The smallest absolute Gasteiger partial charge is 0.223 e. The lowest BCUT2D eigenvalue weighted by Gasteiger charge is -2.02. The van der Waals surface area contributed by atoms with Crippen molar-refractivity contribution in [2.45, 2.75) is 20.4 Å². The SMILES string of the molecule is COc1cnc(NCc2nc(C)c(C)o2)nc1. The molecule has 0 atom stereocenters. The minimum absolute atomic E-state index is 0.459. The highest BCUT2D eigenvalue weighted by Crippen LogP contribution is 2.11. The van der Waals surface area contributed by atoms with Crippen molar-refractivity contribution in [3.8, 4) is 5.75 Å². The van der Waals surface area contributed by atoms with Gasteiger partial charge in [-0.1, -0.05) is 0 Å². The number of aryl methyl sites for hydroxylation is 2. The van der Waals surface area contributed by atoms with Crippen molar-refractivity contribution < 1.29 is 9.15 Å². The average molecular weight is 234 g/mol. The van der Waals surface area contributed by atoms with Crippen LogP contribution in [0.5, 0.6) is 5.75 Å². The molecule has 0 aromatic carbocycles. The second kappa shape index (κ2) is 4.82. The molecule has 2 aromatic heterocycles. The van der Waals surface area contributed by atoms with Crippen LogP contribution in [0, 0.1) is 13.8 Å². The summed E-state index contributed by atoms with van der Waals surface area (Å²) >= 11 is 0. The van der Waals surface area contributed by atoms with Crippen molar-refractivity contribution >= 4 is 5.95 Å². The van der Waals surface area contributed by atoms with Gasteiger partial charge in [-0.2, -0.15) is 0 Å². The van der Waals surface area contributed by atoms with Gasteiger partial charge in [0, 0.05) is 0 Å². The van der Waals surface area contributed by atoms with Crippen molar-refractivity contribution in [3.05, 3.63) is 29.7 Å². The van der Waals surface area contributed by atoms with Gasteiger partial charge in [-0.25, -0.2) is 15.0 Å². The molecule has 0 radical (unpaired) electrons. The molecule has 0 saturated carbocycles. The summed E-state index contributed by atoms with van der Waals surface area (Å²) in [5.41, 5.74) is 0.900. The Bertz CT molecular complexity index is 473. The van der Waals surface area contributed by atoms with E-state index in [-0.39, 0.29) is 0 Å². The van der Waals surface area contributed by atoms with E-state index < -0.39 is 0 Å². The molecule has 0 saturated heterocycles. The molecule has 90 valence electrons. The fourth-order valence-electron chi connectivity index (χ4n) is 1.28. The van der Waals surface area contributed by atoms with Gasteiger partial charge in [0.15, 0.2) is 5.75 Å². The second-order valence-corrected chi connectivity index (χ2v) is 3.55. The number of nitrogens with zero attached hydrogens (tertiary/aromatic N) is 3. The molecule has 0 aliphatic heterocycles. The zero-order chi connectivity index (χ0) is 12.3. The van der Waals surface area contributed by atoms with E-state index in [4.69, 9.17) is 9.15 Å². The molecule has 2 aromatic rings. The van der Waals surface area contributed by atoms with E-state index in [0.29, 0.717) is 24.1 Å². The van der Waals surface area contributed by atoms with Crippen LogP contribution < -0.4 is 10.1 Å². The normalized spacial score (nSPS) is 10.3. The molecule has 0 spiro atoms. The Hall–Kier alpha value is -2.11. The van der Waals surface area contributed by atoms with Gasteiger partial charge in [0.1, 0.15) is 5.76 Å². The number of rotatable bonds is 4. The van der Waals surface area contributed by atoms with Gasteiger partial charge in [-0.3, -0.25) is 0 Å². The molecule has 2 heterocycles. The van der Waals surface area contributed by atoms with Gasteiger partial charge in [-0.15, -0.1) is 0 Å². The Morgan fingerprint density at radius 3 is 2.53 bits per heavy atom. The highest BCUT2D eigenvalue weighted by molar-refractivity contribution is 5.27. The Balaban J connectivity index is 1.97. The Labute approximate surface area is 99.1 Å². The second-order valence-electron chi connectivity index (χ2n) is 3.55. The van der Waals surface area contributed by atoms with Gasteiger partial charge < -0.3 is 14.5 Å². The molecule has 0 bridgehead atoms. The lowest BCUT2D eigenvalue weighted by Crippen LogP contribution is -2.03. The number of methoxy groups -OCH3 is 1.